The fraction of sp³-hybridized carbons (Fsp3) is 0.618. The van der Waals surface area contributed by atoms with Crippen LogP contribution in [-0.2, 0) is 16.1 Å². The van der Waals surface area contributed by atoms with E-state index < -0.39 is 11.2 Å². The van der Waals surface area contributed by atoms with Crippen LogP contribution in [0.4, 0.5) is 0 Å². The Bertz CT molecular complexity index is 920. The first-order valence-electron chi connectivity index (χ1n) is 15.6. The van der Waals surface area contributed by atoms with Gasteiger partial charge >= 0.3 is 0 Å². The Labute approximate surface area is 264 Å². The molecule has 1 aromatic rings. The van der Waals surface area contributed by atoms with Gasteiger partial charge in [-0.25, -0.2) is 0 Å². The number of aryl methyl sites for hydroxylation is 1. The zero-order chi connectivity index (χ0) is 32.5. The van der Waals surface area contributed by atoms with Crippen LogP contribution in [0.25, 0.3) is 0 Å². The first kappa shape index (κ1) is 43.1. The van der Waals surface area contributed by atoms with E-state index in [-0.39, 0.29) is 35.6 Å². The zero-order valence-electron chi connectivity index (χ0n) is 27.0. The Hall–Kier alpha value is -3.05. The third-order valence-electron chi connectivity index (χ3n) is 7.19. The van der Waals surface area contributed by atoms with Crippen LogP contribution in [0, 0.1) is 27.9 Å². The van der Waals surface area contributed by atoms with Crippen molar-refractivity contribution in [2.24, 2.45) is 23.5 Å². The smallest absolute Gasteiger partial charge is 0.294 e. The first-order chi connectivity index (χ1) is 20.5. The number of nitrogens with two attached hydrogens (primary N) is 1. The van der Waals surface area contributed by atoms with Gasteiger partial charge in [0.25, 0.3) is 5.09 Å². The summed E-state index contributed by atoms with van der Waals surface area (Å²) in [6, 6.07) is 10.2. The maximum atomic E-state index is 11.0. The highest BCUT2D eigenvalue weighted by Gasteiger charge is 2.37. The summed E-state index contributed by atoms with van der Waals surface area (Å²) in [7, 11) is 0. The van der Waals surface area contributed by atoms with Crippen LogP contribution in [0.1, 0.15) is 90.5 Å². The highest BCUT2D eigenvalue weighted by Crippen LogP contribution is 2.40. The number of carbonyl (C=O) groups excluding carboxylic acids is 1. The zero-order valence-corrected chi connectivity index (χ0v) is 27.0. The van der Waals surface area contributed by atoms with Gasteiger partial charge in [-0.3, -0.25) is 0 Å². The van der Waals surface area contributed by atoms with E-state index in [2.05, 4.69) is 42.6 Å². The summed E-state index contributed by atoms with van der Waals surface area (Å²) in [4.78, 5) is 24.7. The molecule has 252 valence electrons. The summed E-state index contributed by atoms with van der Waals surface area (Å²) >= 11 is 0. The largest absolute Gasteiger partial charge is 0.513 e. The number of hydrogen-bond acceptors (Lipinski definition) is 8. The van der Waals surface area contributed by atoms with Crippen LogP contribution in [0.3, 0.4) is 0 Å². The lowest BCUT2D eigenvalue weighted by Crippen LogP contribution is -2.18. The van der Waals surface area contributed by atoms with E-state index in [0.29, 0.717) is 37.5 Å². The normalized spacial score (nSPS) is 19.7. The Balaban J connectivity index is 0. The fourth-order valence-electron chi connectivity index (χ4n) is 4.94. The van der Waals surface area contributed by atoms with Gasteiger partial charge in [-0.05, 0) is 82.2 Å². The number of hydrogen-bond donors (Lipinski definition) is 4. The molecule has 1 aliphatic carbocycles. The molecule has 1 aliphatic rings. The summed E-state index contributed by atoms with van der Waals surface area (Å²) in [6.07, 6.45) is 16.0. The number of allylic oxidation sites excluding steroid dienone is 3. The third-order valence-corrected chi connectivity index (χ3v) is 7.19. The van der Waals surface area contributed by atoms with Gasteiger partial charge in [0, 0.05) is 18.8 Å². The second-order valence-corrected chi connectivity index (χ2v) is 11.1. The van der Waals surface area contributed by atoms with Gasteiger partial charge in [-0.15, -0.1) is 10.1 Å². The summed E-state index contributed by atoms with van der Waals surface area (Å²) in [5.41, 5.74) is 6.08. The maximum absolute atomic E-state index is 11.0. The number of Topliss-reactive ketones (excluding diaryl/α,β-unsaturated/α-hetero) is 1. The lowest BCUT2D eigenvalue weighted by molar-refractivity contribution is -0.757. The number of ketones is 1. The van der Waals surface area contributed by atoms with Crippen molar-refractivity contribution in [2.75, 3.05) is 13.2 Å². The van der Waals surface area contributed by atoms with Crippen molar-refractivity contribution in [3.63, 3.8) is 0 Å². The van der Waals surface area contributed by atoms with Crippen molar-refractivity contribution in [3.05, 3.63) is 82.7 Å². The van der Waals surface area contributed by atoms with Crippen molar-refractivity contribution in [3.8, 4) is 0 Å². The van der Waals surface area contributed by atoms with Crippen molar-refractivity contribution in [1.82, 2.24) is 0 Å². The molecule has 1 unspecified atom stereocenters. The number of nitrogens with zero attached hydrogens (tertiary/aromatic N) is 1. The van der Waals surface area contributed by atoms with E-state index >= 15 is 0 Å². The maximum Gasteiger partial charge on any atom is 0.294 e. The number of unbranched alkanes of at least 4 members (excludes halogenated alkanes) is 3. The molecule has 0 amide bonds. The quantitative estimate of drug-likeness (QED) is 0.0516. The minimum Gasteiger partial charge on any atom is -0.513 e. The number of rotatable bonds is 18. The molecule has 0 aromatic heterocycles. The standard InChI is InChI=1S/C25H36O3.C7H13NO4.C2H7N.H2O/c1-19-18-25(28)24(23(19)13-9-4-3-6-10-20(2)26)17-16-22(27)15-14-21-11-7-5-8-12-21;1-7(9)5-3-2-4-6-12-8(10)11;1-2-3;/h4-5,7-9,11-12,16-17,19,22-25,27-28H,3,6,10,13-15,18H2,1-2H3;9H,1-6H2;2-3H2,1H3;1H2/b9-4-,17-16+;;;/t19?,22-,23-,24+,25+;;;/m0.../s1. The molecule has 0 heterocycles. The van der Waals surface area contributed by atoms with Gasteiger partial charge in [-0.2, -0.15) is 0 Å². The van der Waals surface area contributed by atoms with Crippen LogP contribution >= 0.6 is 0 Å². The van der Waals surface area contributed by atoms with Crippen LogP contribution in [0.15, 0.2) is 67.0 Å². The summed E-state index contributed by atoms with van der Waals surface area (Å²) in [5.74, 6) is 1.37. The highest BCUT2D eigenvalue weighted by molar-refractivity contribution is 5.75. The van der Waals surface area contributed by atoms with Crippen LogP contribution in [0.2, 0.25) is 0 Å². The molecule has 10 nitrogen and oxygen atoms in total. The molecule has 7 N–H and O–H groups in total. The van der Waals surface area contributed by atoms with Gasteiger partial charge in [0.05, 0.1) is 24.6 Å². The molecular formula is C34H58N2O8. The fourth-order valence-corrected chi connectivity index (χ4v) is 4.94. The van der Waals surface area contributed by atoms with Crippen LogP contribution < -0.4 is 5.73 Å². The van der Waals surface area contributed by atoms with Crippen molar-refractivity contribution < 1.29 is 35.5 Å². The van der Waals surface area contributed by atoms with Gasteiger partial charge < -0.3 is 36.2 Å². The molecular weight excluding hydrogens is 564 g/mol. The lowest BCUT2D eigenvalue weighted by Gasteiger charge is -2.20. The number of aliphatic hydroxyl groups is 3. The number of carbonyl (C=O) groups is 1. The molecule has 1 fully saturated rings. The number of aliphatic hydroxyl groups excluding tert-OH is 3. The summed E-state index contributed by atoms with van der Waals surface area (Å²) in [5, 5.41) is 38.3. The summed E-state index contributed by atoms with van der Waals surface area (Å²) < 4.78 is 0. The molecule has 0 spiro atoms. The van der Waals surface area contributed by atoms with E-state index in [4.69, 9.17) is 10.8 Å². The molecule has 44 heavy (non-hydrogen) atoms. The molecule has 1 aromatic carbocycles. The molecule has 5 atom stereocenters. The molecule has 0 saturated heterocycles. The van der Waals surface area contributed by atoms with Crippen molar-refractivity contribution in [2.45, 2.75) is 104 Å². The predicted octanol–water partition coefficient (Wildman–Crippen LogP) is 5.84. The Morgan fingerprint density at radius 2 is 1.84 bits per heavy atom. The van der Waals surface area contributed by atoms with Crippen LogP contribution in [0.5, 0.6) is 0 Å². The van der Waals surface area contributed by atoms with Gasteiger partial charge in [-0.1, -0.05) is 81.5 Å². The Morgan fingerprint density at radius 1 is 1.18 bits per heavy atom. The molecule has 0 bridgehead atoms. The second kappa shape index (κ2) is 27.5. The average Bonchev–Trinajstić information content (AvgIpc) is 3.22. The number of benzene rings is 1. The molecule has 0 aliphatic heterocycles. The molecule has 1 saturated carbocycles. The second-order valence-electron chi connectivity index (χ2n) is 11.1. The molecule has 10 heteroatoms. The highest BCUT2D eigenvalue weighted by atomic mass is 16.9. The van der Waals surface area contributed by atoms with Gasteiger partial charge in [0.15, 0.2) is 0 Å². The minimum atomic E-state index is -0.801. The van der Waals surface area contributed by atoms with Crippen LogP contribution in [-0.4, -0.2) is 57.0 Å². The van der Waals surface area contributed by atoms with Gasteiger partial charge in [0.2, 0.25) is 0 Å². The predicted molar refractivity (Wildman–Crippen MR) is 176 cm³/mol. The molecule has 0 radical (unpaired) electrons. The molecule has 2 rings (SSSR count). The summed E-state index contributed by atoms with van der Waals surface area (Å²) in [6.45, 7) is 9.94. The van der Waals surface area contributed by atoms with Crippen molar-refractivity contribution >= 4 is 5.78 Å². The lowest BCUT2D eigenvalue weighted by atomic mass is 9.86. The Kier molecular flexibility index (Phi) is 26.9. The van der Waals surface area contributed by atoms with E-state index in [1.165, 1.54) is 5.56 Å². The van der Waals surface area contributed by atoms with E-state index in [9.17, 15) is 25.1 Å². The first-order valence-corrected chi connectivity index (χ1v) is 15.6. The SMILES string of the molecule is C=C(O)CCCCCO[N+](=O)[O-].CC(=O)CCC/C=C\C[C@H]1C(C)C[C@@H](O)[C@@H]1/C=C/[C@@H](O)CCc1ccccc1.CCN.O. The van der Waals surface area contributed by atoms with E-state index in [1.807, 2.05) is 37.3 Å². The van der Waals surface area contributed by atoms with Gasteiger partial charge in [0.1, 0.15) is 5.78 Å². The monoisotopic (exact) mass is 622 g/mol. The third kappa shape index (κ3) is 23.4. The van der Waals surface area contributed by atoms with Crippen molar-refractivity contribution in [1.29, 1.82) is 0 Å². The minimum absolute atomic E-state index is 0. The van der Waals surface area contributed by atoms with E-state index in [0.717, 1.165) is 51.5 Å². The van der Waals surface area contributed by atoms with E-state index in [1.54, 1.807) is 6.92 Å². The Morgan fingerprint density at radius 3 is 2.43 bits per heavy atom. The average molecular weight is 623 g/mol. The topological polar surface area (TPSA) is 188 Å².